The highest BCUT2D eigenvalue weighted by Gasteiger charge is 2.27. The van der Waals surface area contributed by atoms with E-state index in [-0.39, 0.29) is 16.8 Å². The number of hydrogen-bond donors (Lipinski definition) is 2. The first-order valence-corrected chi connectivity index (χ1v) is 12.1. The van der Waals surface area contributed by atoms with Crippen LogP contribution in [0.1, 0.15) is 43.2 Å². The number of carbonyl (C=O) groups is 1. The molecule has 0 bridgehead atoms. The van der Waals surface area contributed by atoms with E-state index in [1.165, 1.54) is 12.8 Å². The molecule has 4 rings (SSSR count). The summed E-state index contributed by atoms with van der Waals surface area (Å²) >= 11 is 0. The quantitative estimate of drug-likeness (QED) is 0.640. The van der Waals surface area contributed by atoms with E-state index in [2.05, 4.69) is 19.9 Å². The van der Waals surface area contributed by atoms with E-state index < -0.39 is 10.0 Å². The van der Waals surface area contributed by atoms with Gasteiger partial charge in [-0.15, -0.1) is 0 Å². The molecule has 1 aromatic carbocycles. The molecule has 7 nitrogen and oxygen atoms in total. The predicted octanol–water partition coefficient (Wildman–Crippen LogP) is 2.37. The molecule has 1 saturated heterocycles. The Labute approximate surface area is 177 Å². The van der Waals surface area contributed by atoms with Gasteiger partial charge in [0.2, 0.25) is 15.9 Å². The second-order valence-corrected chi connectivity index (χ2v) is 9.75. The number of aromatic nitrogens is 1. The molecule has 0 spiro atoms. The highest BCUT2D eigenvalue weighted by molar-refractivity contribution is 7.89. The molecule has 0 unspecified atom stereocenters. The second kappa shape index (κ2) is 9.14. The molecule has 0 radical (unpaired) electrons. The second-order valence-electron chi connectivity index (χ2n) is 8.04. The van der Waals surface area contributed by atoms with Crippen LogP contribution in [0.2, 0.25) is 0 Å². The number of carbonyl (C=O) groups excluding carboxylic acids is 1. The van der Waals surface area contributed by atoms with Gasteiger partial charge in [-0.1, -0.05) is 18.2 Å². The lowest BCUT2D eigenvalue weighted by molar-refractivity contribution is -0.121. The predicted molar refractivity (Wildman–Crippen MR) is 116 cm³/mol. The van der Waals surface area contributed by atoms with E-state index in [1.807, 2.05) is 18.3 Å². The summed E-state index contributed by atoms with van der Waals surface area (Å²) in [4.78, 5) is 19.2. The van der Waals surface area contributed by atoms with Crippen molar-refractivity contribution in [3.05, 3.63) is 53.7 Å². The summed E-state index contributed by atoms with van der Waals surface area (Å²) in [5.74, 6) is 0.964. The van der Waals surface area contributed by atoms with Crippen LogP contribution in [0.4, 0.5) is 5.82 Å². The van der Waals surface area contributed by atoms with Gasteiger partial charge in [-0.25, -0.2) is 18.1 Å². The third kappa shape index (κ3) is 5.58. The first-order chi connectivity index (χ1) is 14.5. The Morgan fingerprint density at radius 2 is 1.73 bits per heavy atom. The highest BCUT2D eigenvalue weighted by Crippen LogP contribution is 2.22. The number of anilines is 1. The van der Waals surface area contributed by atoms with Crippen molar-refractivity contribution in [3.63, 3.8) is 0 Å². The van der Waals surface area contributed by atoms with Crippen molar-refractivity contribution < 1.29 is 13.2 Å². The van der Waals surface area contributed by atoms with Gasteiger partial charge in [0, 0.05) is 38.3 Å². The van der Waals surface area contributed by atoms with Crippen molar-refractivity contribution >= 4 is 21.7 Å². The molecule has 160 valence electrons. The van der Waals surface area contributed by atoms with Crippen LogP contribution < -0.4 is 14.9 Å². The van der Waals surface area contributed by atoms with E-state index in [4.69, 9.17) is 0 Å². The molecule has 0 atom stereocenters. The summed E-state index contributed by atoms with van der Waals surface area (Å²) in [6.07, 6.45) is 6.99. The van der Waals surface area contributed by atoms with Gasteiger partial charge in [-0.2, -0.15) is 0 Å². The van der Waals surface area contributed by atoms with E-state index >= 15 is 0 Å². The van der Waals surface area contributed by atoms with Gasteiger partial charge in [0.1, 0.15) is 5.82 Å². The Balaban J connectivity index is 1.21. The van der Waals surface area contributed by atoms with Crippen LogP contribution in [-0.4, -0.2) is 38.4 Å². The molecule has 1 aliphatic carbocycles. The number of nitrogens with one attached hydrogen (secondary N) is 2. The smallest absolute Gasteiger partial charge is 0.240 e. The van der Waals surface area contributed by atoms with E-state index in [0.29, 0.717) is 19.4 Å². The fourth-order valence-electron chi connectivity index (χ4n) is 3.53. The molecule has 1 amide bonds. The normalized spacial score (nSPS) is 16.6. The average Bonchev–Trinajstić information content (AvgIpc) is 3.38. The van der Waals surface area contributed by atoms with Gasteiger partial charge in [-0.3, -0.25) is 4.79 Å². The summed E-state index contributed by atoms with van der Waals surface area (Å²) in [5, 5.41) is 2.92. The van der Waals surface area contributed by atoms with E-state index in [0.717, 1.165) is 42.9 Å². The van der Waals surface area contributed by atoms with Crippen LogP contribution in [0.15, 0.2) is 47.5 Å². The number of rotatable bonds is 9. The summed E-state index contributed by atoms with van der Waals surface area (Å²) in [6.45, 7) is 2.58. The Bertz CT molecular complexity index is 964. The Hall–Kier alpha value is -2.45. The van der Waals surface area contributed by atoms with Crippen molar-refractivity contribution in [1.82, 2.24) is 15.0 Å². The fourth-order valence-corrected chi connectivity index (χ4v) is 4.83. The van der Waals surface area contributed by atoms with E-state index in [1.54, 1.807) is 24.3 Å². The zero-order chi connectivity index (χ0) is 21.0. The summed E-state index contributed by atoms with van der Waals surface area (Å²) in [7, 11) is -3.43. The maximum absolute atomic E-state index is 12.2. The van der Waals surface area contributed by atoms with Crippen molar-refractivity contribution in [3.8, 4) is 0 Å². The van der Waals surface area contributed by atoms with Gasteiger partial charge in [0.05, 0.1) is 4.90 Å². The lowest BCUT2D eigenvalue weighted by Crippen LogP contribution is -2.25. The maximum atomic E-state index is 12.2. The lowest BCUT2D eigenvalue weighted by atomic mass is 10.1. The van der Waals surface area contributed by atoms with E-state index in [9.17, 15) is 13.2 Å². The first kappa shape index (κ1) is 20.8. The van der Waals surface area contributed by atoms with Gasteiger partial charge >= 0.3 is 0 Å². The van der Waals surface area contributed by atoms with Crippen LogP contribution >= 0.6 is 0 Å². The number of aryl methyl sites for hydroxylation is 1. The number of benzene rings is 1. The van der Waals surface area contributed by atoms with Crippen LogP contribution in [0.5, 0.6) is 0 Å². The third-order valence-electron chi connectivity index (χ3n) is 5.50. The molecule has 1 saturated carbocycles. The molecule has 30 heavy (non-hydrogen) atoms. The molecular formula is C22H28N4O3S. The zero-order valence-corrected chi connectivity index (χ0v) is 17.8. The molecule has 2 fully saturated rings. The standard InChI is InChI=1S/C22H28N4O3S/c27-22(24-16-18-5-11-21(23-15-18)26-13-1-2-14-26)12-6-17-3-9-20(10-4-17)30(28,29)25-19-7-8-19/h3-5,9-11,15,19,25H,1-2,6-8,12-14,16H2,(H,24,27). The molecule has 2 aliphatic rings. The molecule has 8 heteroatoms. The third-order valence-corrected chi connectivity index (χ3v) is 7.04. The van der Waals surface area contributed by atoms with Crippen LogP contribution in [-0.2, 0) is 27.8 Å². The van der Waals surface area contributed by atoms with Gasteiger partial charge in [-0.05, 0) is 61.4 Å². The maximum Gasteiger partial charge on any atom is 0.240 e. The monoisotopic (exact) mass is 428 g/mol. The van der Waals surface area contributed by atoms with Gasteiger partial charge in [0.15, 0.2) is 0 Å². The SMILES string of the molecule is O=C(CCc1ccc(S(=O)(=O)NC2CC2)cc1)NCc1ccc(N2CCCC2)nc1. The fraction of sp³-hybridized carbons (Fsp3) is 0.455. The van der Waals surface area contributed by atoms with Crippen LogP contribution in [0, 0.1) is 0 Å². The minimum absolute atomic E-state index is 0.0364. The topological polar surface area (TPSA) is 91.4 Å². The number of amides is 1. The summed E-state index contributed by atoms with van der Waals surface area (Å²) < 4.78 is 27.1. The highest BCUT2D eigenvalue weighted by atomic mass is 32.2. The number of nitrogens with zero attached hydrogens (tertiary/aromatic N) is 2. The van der Waals surface area contributed by atoms with Crippen LogP contribution in [0.3, 0.4) is 0 Å². The Kier molecular flexibility index (Phi) is 6.34. The Morgan fingerprint density at radius 3 is 2.37 bits per heavy atom. The van der Waals surface area contributed by atoms with Gasteiger partial charge < -0.3 is 10.2 Å². The minimum Gasteiger partial charge on any atom is -0.357 e. The molecule has 2 N–H and O–H groups in total. The molecule has 1 aromatic heterocycles. The van der Waals surface area contributed by atoms with Crippen molar-refractivity contribution in [1.29, 1.82) is 0 Å². The summed E-state index contributed by atoms with van der Waals surface area (Å²) in [6, 6.07) is 10.9. The zero-order valence-electron chi connectivity index (χ0n) is 17.0. The molecule has 2 heterocycles. The van der Waals surface area contributed by atoms with Crippen molar-refractivity contribution in [2.45, 2.75) is 56.0 Å². The van der Waals surface area contributed by atoms with Crippen molar-refractivity contribution in [2.75, 3.05) is 18.0 Å². The summed E-state index contributed by atoms with van der Waals surface area (Å²) in [5.41, 5.74) is 1.91. The minimum atomic E-state index is -3.43. The number of hydrogen-bond acceptors (Lipinski definition) is 5. The molecule has 1 aliphatic heterocycles. The first-order valence-electron chi connectivity index (χ1n) is 10.6. The largest absolute Gasteiger partial charge is 0.357 e. The van der Waals surface area contributed by atoms with Crippen molar-refractivity contribution in [2.24, 2.45) is 0 Å². The number of sulfonamides is 1. The molecular weight excluding hydrogens is 400 g/mol. The lowest BCUT2D eigenvalue weighted by Gasteiger charge is -2.16. The van der Waals surface area contributed by atoms with Gasteiger partial charge in [0.25, 0.3) is 0 Å². The molecule has 2 aromatic rings. The number of pyridine rings is 1. The Morgan fingerprint density at radius 1 is 1.03 bits per heavy atom. The average molecular weight is 429 g/mol. The van der Waals surface area contributed by atoms with Crippen LogP contribution in [0.25, 0.3) is 0 Å².